The van der Waals surface area contributed by atoms with E-state index in [1.807, 2.05) is 54.6 Å². The highest BCUT2D eigenvalue weighted by atomic mass is 16.2. The molecule has 0 unspecified atom stereocenters. The van der Waals surface area contributed by atoms with E-state index in [1.165, 1.54) is 16.0 Å². The van der Waals surface area contributed by atoms with Crippen LogP contribution in [0.15, 0.2) is 120 Å². The summed E-state index contributed by atoms with van der Waals surface area (Å²) in [7, 11) is 0. The molecule has 0 N–H and O–H groups in total. The van der Waals surface area contributed by atoms with Gasteiger partial charge in [-0.25, -0.2) is 4.90 Å². The van der Waals surface area contributed by atoms with Crippen molar-refractivity contribution in [3.63, 3.8) is 0 Å². The maximum absolute atomic E-state index is 13.6. The summed E-state index contributed by atoms with van der Waals surface area (Å²) in [5, 5.41) is 8.80. The molecule has 2 aliphatic heterocycles. The lowest BCUT2D eigenvalue weighted by Crippen LogP contribution is -2.40. The van der Waals surface area contributed by atoms with E-state index in [1.54, 1.807) is 12.1 Å². The first-order chi connectivity index (χ1) is 19.1. The number of hydrazone groups is 1. The van der Waals surface area contributed by atoms with Crippen LogP contribution in [0, 0.1) is 6.92 Å². The molecule has 5 nitrogen and oxygen atoms in total. The van der Waals surface area contributed by atoms with Gasteiger partial charge in [-0.05, 0) is 54.3 Å². The maximum atomic E-state index is 13.6. The zero-order chi connectivity index (χ0) is 26.5. The van der Waals surface area contributed by atoms with Crippen LogP contribution in [-0.4, -0.2) is 17.5 Å². The van der Waals surface area contributed by atoms with E-state index < -0.39 is 0 Å². The minimum Gasteiger partial charge on any atom is -0.268 e. The fourth-order valence-corrected chi connectivity index (χ4v) is 5.70. The monoisotopic (exact) mass is 507 g/mol. The fourth-order valence-electron chi connectivity index (χ4n) is 5.70. The van der Waals surface area contributed by atoms with E-state index >= 15 is 0 Å². The number of amides is 2. The molecular formula is C34H25N3O2. The van der Waals surface area contributed by atoms with Crippen molar-refractivity contribution in [2.24, 2.45) is 5.10 Å². The standard InChI is InChI=1S/C34H25N3O2/c1-22-15-17-25(18-16-22)37-31(23-9-4-2-5-10-23)21-30(35-37)26-19-20-29-32-27(26)13-8-14-28(32)33(38)36(34(29)39)24-11-6-3-7-12-24/h2-20,31H,21H2,1H3/t31-/m0/s1. The average Bonchev–Trinajstić information content (AvgIpc) is 3.42. The molecule has 1 atom stereocenters. The molecule has 2 amide bonds. The number of aryl methyl sites for hydroxylation is 1. The van der Waals surface area contributed by atoms with Crippen molar-refractivity contribution >= 4 is 39.7 Å². The number of hydrogen-bond acceptors (Lipinski definition) is 4. The largest absolute Gasteiger partial charge is 0.268 e. The zero-order valence-corrected chi connectivity index (χ0v) is 21.4. The quantitative estimate of drug-likeness (QED) is 0.240. The molecule has 0 radical (unpaired) electrons. The molecule has 7 rings (SSSR count). The summed E-state index contributed by atoms with van der Waals surface area (Å²) in [4.78, 5) is 28.5. The molecule has 5 aromatic rings. The Kier molecular flexibility index (Phi) is 5.37. The van der Waals surface area contributed by atoms with Crippen LogP contribution in [0.1, 0.15) is 49.9 Å². The van der Waals surface area contributed by atoms with Crippen LogP contribution in [0.2, 0.25) is 0 Å². The highest BCUT2D eigenvalue weighted by Crippen LogP contribution is 2.40. The fraction of sp³-hybridized carbons (Fsp3) is 0.0882. The normalized spacial score (nSPS) is 16.6. The molecule has 5 heteroatoms. The Morgan fingerprint density at radius 2 is 1.28 bits per heavy atom. The van der Waals surface area contributed by atoms with Gasteiger partial charge in [0, 0.05) is 28.5 Å². The first-order valence-corrected chi connectivity index (χ1v) is 13.1. The van der Waals surface area contributed by atoms with Crippen molar-refractivity contribution in [1.29, 1.82) is 0 Å². The molecule has 2 aliphatic rings. The van der Waals surface area contributed by atoms with Gasteiger partial charge in [-0.15, -0.1) is 0 Å². The van der Waals surface area contributed by atoms with Crippen molar-refractivity contribution in [3.05, 3.63) is 143 Å². The lowest BCUT2D eigenvalue weighted by atomic mass is 9.88. The number of rotatable bonds is 4. The lowest BCUT2D eigenvalue weighted by molar-refractivity contribution is 0.0893. The summed E-state index contributed by atoms with van der Waals surface area (Å²) in [6, 6.07) is 37.5. The van der Waals surface area contributed by atoms with Crippen LogP contribution in [0.5, 0.6) is 0 Å². The number of para-hydroxylation sites is 1. The van der Waals surface area contributed by atoms with Crippen LogP contribution >= 0.6 is 0 Å². The first kappa shape index (κ1) is 23.1. The Hall–Kier alpha value is -5.03. The Morgan fingerprint density at radius 3 is 2.00 bits per heavy atom. The second-order valence-corrected chi connectivity index (χ2v) is 10.0. The second kappa shape index (κ2) is 9.07. The van der Waals surface area contributed by atoms with Crippen LogP contribution in [0.25, 0.3) is 10.8 Å². The van der Waals surface area contributed by atoms with Crippen molar-refractivity contribution in [2.45, 2.75) is 19.4 Å². The molecule has 0 fully saturated rings. The highest BCUT2D eigenvalue weighted by molar-refractivity contribution is 6.36. The number of imide groups is 1. The summed E-state index contributed by atoms with van der Waals surface area (Å²) >= 11 is 0. The number of anilines is 2. The van der Waals surface area contributed by atoms with Gasteiger partial charge in [0.15, 0.2) is 0 Å². The van der Waals surface area contributed by atoms with Gasteiger partial charge in [-0.3, -0.25) is 14.6 Å². The van der Waals surface area contributed by atoms with Gasteiger partial charge in [-0.2, -0.15) is 5.10 Å². The lowest BCUT2D eigenvalue weighted by Gasteiger charge is -2.27. The second-order valence-electron chi connectivity index (χ2n) is 10.0. The summed E-state index contributed by atoms with van der Waals surface area (Å²) < 4.78 is 0. The number of hydrogen-bond donors (Lipinski definition) is 0. The molecule has 0 saturated heterocycles. The topological polar surface area (TPSA) is 53.0 Å². The molecular weight excluding hydrogens is 482 g/mol. The van der Waals surface area contributed by atoms with E-state index in [-0.39, 0.29) is 17.9 Å². The molecule has 5 aromatic carbocycles. The molecule has 188 valence electrons. The van der Waals surface area contributed by atoms with E-state index in [9.17, 15) is 9.59 Å². The number of nitrogens with zero attached hydrogens (tertiary/aromatic N) is 3. The molecule has 0 aliphatic carbocycles. The van der Waals surface area contributed by atoms with Gasteiger partial charge >= 0.3 is 0 Å². The Morgan fingerprint density at radius 1 is 0.641 bits per heavy atom. The third kappa shape index (κ3) is 3.74. The van der Waals surface area contributed by atoms with Crippen LogP contribution in [-0.2, 0) is 0 Å². The molecule has 0 saturated carbocycles. The van der Waals surface area contributed by atoms with Gasteiger partial charge in [0.05, 0.1) is 23.1 Å². The Balaban J connectivity index is 1.36. The smallest absolute Gasteiger partial charge is 0.265 e. The average molecular weight is 508 g/mol. The van der Waals surface area contributed by atoms with Crippen molar-refractivity contribution < 1.29 is 9.59 Å². The molecule has 0 bridgehead atoms. The van der Waals surface area contributed by atoms with Crippen LogP contribution in [0.3, 0.4) is 0 Å². The van der Waals surface area contributed by atoms with Gasteiger partial charge in [-0.1, -0.05) is 84.4 Å². The minimum atomic E-state index is -0.307. The van der Waals surface area contributed by atoms with Crippen LogP contribution < -0.4 is 9.91 Å². The maximum Gasteiger partial charge on any atom is 0.265 e. The predicted octanol–water partition coefficient (Wildman–Crippen LogP) is 7.30. The Bertz CT molecular complexity index is 1750. The summed E-state index contributed by atoms with van der Waals surface area (Å²) in [6.07, 6.45) is 0.703. The van der Waals surface area contributed by atoms with E-state index in [0.29, 0.717) is 28.6 Å². The summed E-state index contributed by atoms with van der Waals surface area (Å²) in [5.41, 5.74) is 6.90. The van der Waals surface area contributed by atoms with Gasteiger partial charge in [0.1, 0.15) is 0 Å². The van der Waals surface area contributed by atoms with Gasteiger partial charge in [0.2, 0.25) is 0 Å². The third-order valence-corrected chi connectivity index (χ3v) is 7.63. The molecule has 2 heterocycles. The number of carbonyl (C=O) groups excluding carboxylic acids is 2. The predicted molar refractivity (Wildman–Crippen MR) is 156 cm³/mol. The first-order valence-electron chi connectivity index (χ1n) is 13.1. The SMILES string of the molecule is Cc1ccc(N2N=C(c3ccc4c5c(cccc35)C(=O)N(c3ccccc3)C4=O)C[C@H]2c2ccccc2)cc1. The molecule has 0 aromatic heterocycles. The van der Waals surface area contributed by atoms with Crippen LogP contribution in [0.4, 0.5) is 11.4 Å². The van der Waals surface area contributed by atoms with Crippen molar-refractivity contribution in [3.8, 4) is 0 Å². The van der Waals surface area contributed by atoms with Gasteiger partial charge in [0.25, 0.3) is 11.8 Å². The van der Waals surface area contributed by atoms with E-state index in [0.717, 1.165) is 22.3 Å². The van der Waals surface area contributed by atoms with E-state index in [4.69, 9.17) is 5.10 Å². The minimum absolute atomic E-state index is 0.0338. The van der Waals surface area contributed by atoms with Gasteiger partial charge < -0.3 is 0 Å². The summed E-state index contributed by atoms with van der Waals surface area (Å²) in [5.74, 6) is -0.614. The van der Waals surface area contributed by atoms with E-state index in [2.05, 4.69) is 60.5 Å². The Labute approximate surface area is 226 Å². The highest BCUT2D eigenvalue weighted by Gasteiger charge is 2.36. The van der Waals surface area contributed by atoms with Crippen molar-refractivity contribution in [1.82, 2.24) is 0 Å². The summed E-state index contributed by atoms with van der Waals surface area (Å²) in [6.45, 7) is 2.08. The third-order valence-electron chi connectivity index (χ3n) is 7.63. The molecule has 39 heavy (non-hydrogen) atoms. The number of carbonyl (C=O) groups is 2. The molecule has 0 spiro atoms. The zero-order valence-electron chi connectivity index (χ0n) is 21.4. The van der Waals surface area contributed by atoms with Crippen molar-refractivity contribution in [2.75, 3.05) is 9.91 Å². The number of benzene rings is 5.